The number of methoxy groups -OCH3 is 1. The van der Waals surface area contributed by atoms with E-state index in [4.69, 9.17) is 0 Å². The summed E-state index contributed by atoms with van der Waals surface area (Å²) in [6, 6.07) is 0.316. The Kier molecular flexibility index (Phi) is 5.91. The molecule has 1 aliphatic heterocycles. The highest BCUT2D eigenvalue weighted by Gasteiger charge is 2.18. The Morgan fingerprint density at radius 1 is 1.35 bits per heavy atom. The average Bonchev–Trinajstić information content (AvgIpc) is 2.35. The van der Waals surface area contributed by atoms with E-state index in [2.05, 4.69) is 10.1 Å². The van der Waals surface area contributed by atoms with Crippen LogP contribution in [0.4, 0.5) is 0 Å². The summed E-state index contributed by atoms with van der Waals surface area (Å²) in [4.78, 5) is 10.9. The largest absolute Gasteiger partial charge is 0.469 e. The number of esters is 1. The van der Waals surface area contributed by atoms with Gasteiger partial charge in [0.2, 0.25) is 0 Å². The molecular weight excluding hydrogens is 242 g/mol. The zero-order valence-electron chi connectivity index (χ0n) is 10.3. The van der Waals surface area contributed by atoms with Crippen molar-refractivity contribution in [3.8, 4) is 0 Å². The molecule has 1 rings (SSSR count). The van der Waals surface area contributed by atoms with Crippen LogP contribution in [0.15, 0.2) is 0 Å². The van der Waals surface area contributed by atoms with Crippen molar-refractivity contribution in [1.82, 2.24) is 5.32 Å². The number of ether oxygens (including phenoxy) is 1. The van der Waals surface area contributed by atoms with Gasteiger partial charge in [0.25, 0.3) is 0 Å². The maximum absolute atomic E-state index is 11.7. The van der Waals surface area contributed by atoms with E-state index < -0.39 is 15.8 Å². The van der Waals surface area contributed by atoms with Crippen molar-refractivity contribution in [2.24, 2.45) is 0 Å². The van der Waals surface area contributed by atoms with Gasteiger partial charge in [0.05, 0.1) is 25.0 Å². The summed E-state index contributed by atoms with van der Waals surface area (Å²) in [5.41, 5.74) is 0. The second-order valence-corrected chi connectivity index (χ2v) is 6.72. The monoisotopic (exact) mass is 263 g/mol. The van der Waals surface area contributed by atoms with Gasteiger partial charge in [-0.1, -0.05) is 6.42 Å². The third-order valence-electron chi connectivity index (χ3n) is 3.03. The molecule has 17 heavy (non-hydrogen) atoms. The fraction of sp³-hybridized carbons (Fsp3) is 0.909. The lowest BCUT2D eigenvalue weighted by Crippen LogP contribution is -2.35. The first-order valence-electron chi connectivity index (χ1n) is 6.04. The summed E-state index contributed by atoms with van der Waals surface area (Å²) >= 11 is 0. The van der Waals surface area contributed by atoms with Crippen molar-refractivity contribution < 1.29 is 17.9 Å². The van der Waals surface area contributed by atoms with Gasteiger partial charge in [-0.25, -0.2) is 8.42 Å². The number of hydrogen-bond donors (Lipinski definition) is 1. The van der Waals surface area contributed by atoms with E-state index in [0.29, 0.717) is 12.5 Å². The summed E-state index contributed by atoms with van der Waals surface area (Å²) in [6.45, 7) is 0.979. The van der Waals surface area contributed by atoms with E-state index in [9.17, 15) is 13.2 Å². The molecular formula is C11H21NO4S. The molecule has 0 spiro atoms. The quantitative estimate of drug-likeness (QED) is 0.706. The predicted octanol–water partition coefficient (Wildman–Crippen LogP) is 0.496. The molecule has 0 aromatic carbocycles. The minimum Gasteiger partial charge on any atom is -0.469 e. The maximum Gasteiger partial charge on any atom is 0.306 e. The smallest absolute Gasteiger partial charge is 0.306 e. The number of carbonyl (C=O) groups excluding carboxylic acids is 1. The van der Waals surface area contributed by atoms with Crippen LogP contribution in [0.5, 0.6) is 0 Å². The van der Waals surface area contributed by atoms with Gasteiger partial charge >= 0.3 is 5.97 Å². The molecule has 0 radical (unpaired) electrons. The zero-order chi connectivity index (χ0) is 12.7. The molecule has 0 aromatic rings. The fourth-order valence-electron chi connectivity index (χ4n) is 1.94. The maximum atomic E-state index is 11.7. The van der Waals surface area contributed by atoms with E-state index in [1.165, 1.54) is 20.0 Å². The van der Waals surface area contributed by atoms with Crippen LogP contribution >= 0.6 is 0 Å². The summed E-state index contributed by atoms with van der Waals surface area (Å²) in [7, 11) is -1.86. The Morgan fingerprint density at radius 3 is 2.71 bits per heavy atom. The normalized spacial score (nSPS) is 21.1. The fourth-order valence-corrected chi connectivity index (χ4v) is 3.26. The van der Waals surface area contributed by atoms with Crippen LogP contribution in [-0.2, 0) is 19.4 Å². The number of piperidine rings is 1. The summed E-state index contributed by atoms with van der Waals surface area (Å²) in [5.74, 6) is -0.419. The van der Waals surface area contributed by atoms with Crippen LogP contribution in [0, 0.1) is 0 Å². The molecule has 0 aromatic heterocycles. The molecule has 1 unspecified atom stereocenters. The van der Waals surface area contributed by atoms with E-state index in [-0.39, 0.29) is 17.9 Å². The number of nitrogens with one attached hydrogen (secondary N) is 1. The highest BCUT2D eigenvalue weighted by Crippen LogP contribution is 2.11. The molecule has 0 saturated carbocycles. The minimum absolute atomic E-state index is 0.0447. The van der Waals surface area contributed by atoms with Crippen molar-refractivity contribution in [3.63, 3.8) is 0 Å². The third kappa shape index (κ3) is 6.02. The molecule has 1 atom stereocenters. The summed E-state index contributed by atoms with van der Waals surface area (Å²) in [5, 5.41) is 3.31. The number of sulfone groups is 1. The lowest BCUT2D eigenvalue weighted by molar-refractivity contribution is -0.140. The summed E-state index contributed by atoms with van der Waals surface area (Å²) < 4.78 is 27.7. The Labute approximate surface area is 103 Å². The van der Waals surface area contributed by atoms with Crippen molar-refractivity contribution in [3.05, 3.63) is 0 Å². The molecule has 1 N–H and O–H groups in total. The van der Waals surface area contributed by atoms with Gasteiger partial charge < -0.3 is 10.1 Å². The van der Waals surface area contributed by atoms with Gasteiger partial charge in [0, 0.05) is 6.04 Å². The molecule has 5 nitrogen and oxygen atoms in total. The number of hydrogen-bond acceptors (Lipinski definition) is 5. The Balaban J connectivity index is 2.26. The zero-order valence-corrected chi connectivity index (χ0v) is 11.1. The second-order valence-electron chi connectivity index (χ2n) is 4.41. The van der Waals surface area contributed by atoms with Crippen LogP contribution in [0.1, 0.15) is 32.1 Å². The van der Waals surface area contributed by atoms with Crippen molar-refractivity contribution in [2.45, 2.75) is 38.1 Å². The molecule has 1 saturated heterocycles. The SMILES string of the molecule is COC(=O)CCS(=O)(=O)CCC1CCCCN1. The van der Waals surface area contributed by atoms with Crippen molar-refractivity contribution in [1.29, 1.82) is 0 Å². The van der Waals surface area contributed by atoms with Gasteiger partial charge in [-0.3, -0.25) is 4.79 Å². The van der Waals surface area contributed by atoms with Gasteiger partial charge in [0.15, 0.2) is 9.84 Å². The van der Waals surface area contributed by atoms with Crippen molar-refractivity contribution >= 4 is 15.8 Å². The highest BCUT2D eigenvalue weighted by molar-refractivity contribution is 7.91. The molecule has 1 heterocycles. The van der Waals surface area contributed by atoms with Crippen LogP contribution in [0.3, 0.4) is 0 Å². The second kappa shape index (κ2) is 6.96. The van der Waals surface area contributed by atoms with Gasteiger partial charge in [-0.2, -0.15) is 0 Å². The Hall–Kier alpha value is -0.620. The molecule has 0 aliphatic carbocycles. The first kappa shape index (κ1) is 14.4. The highest BCUT2D eigenvalue weighted by atomic mass is 32.2. The average molecular weight is 263 g/mol. The van der Waals surface area contributed by atoms with E-state index in [0.717, 1.165) is 13.0 Å². The molecule has 0 bridgehead atoms. The van der Waals surface area contributed by atoms with Crippen LogP contribution in [0.2, 0.25) is 0 Å². The molecule has 0 amide bonds. The Bertz CT molecular complexity index is 333. The topological polar surface area (TPSA) is 72.5 Å². The molecule has 100 valence electrons. The number of carbonyl (C=O) groups is 1. The summed E-state index contributed by atoms with van der Waals surface area (Å²) in [6.07, 6.45) is 3.98. The standard InChI is InChI=1S/C11H21NO4S/c1-16-11(13)6-9-17(14,15)8-5-10-4-2-3-7-12-10/h10,12H,2-9H2,1H3. The lowest BCUT2D eigenvalue weighted by atomic mass is 10.0. The lowest BCUT2D eigenvalue weighted by Gasteiger charge is -2.23. The van der Waals surface area contributed by atoms with Gasteiger partial charge in [-0.15, -0.1) is 0 Å². The first-order valence-corrected chi connectivity index (χ1v) is 7.86. The van der Waals surface area contributed by atoms with Crippen LogP contribution in [0.25, 0.3) is 0 Å². The first-order chi connectivity index (χ1) is 8.03. The molecule has 1 aliphatic rings. The predicted molar refractivity (Wildman–Crippen MR) is 65.5 cm³/mol. The third-order valence-corrected chi connectivity index (χ3v) is 4.72. The van der Waals surface area contributed by atoms with E-state index in [1.807, 2.05) is 0 Å². The van der Waals surface area contributed by atoms with E-state index >= 15 is 0 Å². The van der Waals surface area contributed by atoms with E-state index in [1.54, 1.807) is 0 Å². The van der Waals surface area contributed by atoms with Gasteiger partial charge in [0.1, 0.15) is 0 Å². The molecule has 6 heteroatoms. The minimum atomic E-state index is -3.13. The van der Waals surface area contributed by atoms with Crippen LogP contribution in [-0.4, -0.2) is 45.6 Å². The number of rotatable bonds is 6. The van der Waals surface area contributed by atoms with Crippen LogP contribution < -0.4 is 5.32 Å². The Morgan fingerprint density at radius 2 is 2.12 bits per heavy atom. The van der Waals surface area contributed by atoms with Gasteiger partial charge in [-0.05, 0) is 25.8 Å². The van der Waals surface area contributed by atoms with Crippen molar-refractivity contribution in [2.75, 3.05) is 25.2 Å². The molecule has 1 fully saturated rings.